The maximum Gasteiger partial charge on any atom is 0.277 e. The Balaban J connectivity index is 2.54. The standard InChI is InChI=1S/C10H18N4O2S/c1-6(8(15)12-10(2,3)4)17-9-14-13-7(5-11)16-9/h6H,5,11H2,1-4H3,(H,12,15). The van der Waals surface area contributed by atoms with E-state index in [1.807, 2.05) is 20.8 Å². The molecule has 3 N–H and O–H groups in total. The van der Waals surface area contributed by atoms with Crippen LogP contribution in [0.15, 0.2) is 9.64 Å². The molecule has 1 unspecified atom stereocenters. The second kappa shape index (κ2) is 5.50. The fraction of sp³-hybridized carbons (Fsp3) is 0.700. The summed E-state index contributed by atoms with van der Waals surface area (Å²) >= 11 is 1.22. The van der Waals surface area contributed by atoms with Crippen molar-refractivity contribution in [2.75, 3.05) is 0 Å². The lowest BCUT2D eigenvalue weighted by molar-refractivity contribution is -0.121. The topological polar surface area (TPSA) is 94.0 Å². The lowest BCUT2D eigenvalue weighted by Crippen LogP contribution is -2.44. The third kappa shape index (κ3) is 4.74. The number of nitrogens with one attached hydrogen (secondary N) is 1. The van der Waals surface area contributed by atoms with Crippen LogP contribution in [0.2, 0.25) is 0 Å². The molecule has 1 atom stereocenters. The number of aromatic nitrogens is 2. The second-order valence-electron chi connectivity index (χ2n) is 4.67. The predicted molar refractivity (Wildman–Crippen MR) is 65.4 cm³/mol. The van der Waals surface area contributed by atoms with Crippen LogP contribution in [0, 0.1) is 0 Å². The second-order valence-corrected chi connectivity index (χ2v) is 5.96. The van der Waals surface area contributed by atoms with Gasteiger partial charge in [0.15, 0.2) is 0 Å². The average Bonchev–Trinajstić information content (AvgIpc) is 2.62. The molecule has 0 bridgehead atoms. The van der Waals surface area contributed by atoms with E-state index in [-0.39, 0.29) is 23.2 Å². The lowest BCUT2D eigenvalue weighted by atomic mass is 10.1. The van der Waals surface area contributed by atoms with Crippen molar-refractivity contribution in [3.63, 3.8) is 0 Å². The smallest absolute Gasteiger partial charge is 0.277 e. The number of hydrogen-bond acceptors (Lipinski definition) is 6. The summed E-state index contributed by atoms with van der Waals surface area (Å²) in [4.78, 5) is 11.8. The van der Waals surface area contributed by atoms with Gasteiger partial charge in [-0.05, 0) is 27.7 Å². The first-order valence-electron chi connectivity index (χ1n) is 5.33. The molecule has 0 saturated heterocycles. The van der Waals surface area contributed by atoms with Crippen molar-refractivity contribution in [1.29, 1.82) is 0 Å². The molecule has 96 valence electrons. The SMILES string of the molecule is CC(Sc1nnc(CN)o1)C(=O)NC(C)(C)C. The minimum atomic E-state index is -0.291. The molecule has 1 aromatic rings. The van der Waals surface area contributed by atoms with Crippen LogP contribution < -0.4 is 11.1 Å². The van der Waals surface area contributed by atoms with Crippen molar-refractivity contribution in [1.82, 2.24) is 15.5 Å². The maximum atomic E-state index is 11.8. The highest BCUT2D eigenvalue weighted by atomic mass is 32.2. The highest BCUT2D eigenvalue weighted by Gasteiger charge is 2.22. The van der Waals surface area contributed by atoms with Crippen LogP contribution in [0.5, 0.6) is 0 Å². The van der Waals surface area contributed by atoms with Gasteiger partial charge < -0.3 is 15.5 Å². The summed E-state index contributed by atoms with van der Waals surface area (Å²) in [5, 5.41) is 10.5. The highest BCUT2D eigenvalue weighted by molar-refractivity contribution is 8.00. The van der Waals surface area contributed by atoms with Crippen molar-refractivity contribution in [2.45, 2.75) is 50.3 Å². The van der Waals surface area contributed by atoms with Crippen LogP contribution in [-0.4, -0.2) is 26.9 Å². The van der Waals surface area contributed by atoms with Gasteiger partial charge in [-0.3, -0.25) is 4.79 Å². The van der Waals surface area contributed by atoms with E-state index in [1.54, 1.807) is 6.92 Å². The Bertz CT molecular complexity index is 386. The molecule has 0 radical (unpaired) electrons. The van der Waals surface area contributed by atoms with Gasteiger partial charge in [0.05, 0.1) is 11.8 Å². The summed E-state index contributed by atoms with van der Waals surface area (Å²) in [5.41, 5.74) is 5.11. The van der Waals surface area contributed by atoms with Gasteiger partial charge in [0.2, 0.25) is 11.8 Å². The van der Waals surface area contributed by atoms with Crippen molar-refractivity contribution in [3.05, 3.63) is 5.89 Å². The van der Waals surface area contributed by atoms with Gasteiger partial charge in [0.1, 0.15) is 0 Å². The third-order valence-electron chi connectivity index (χ3n) is 1.77. The quantitative estimate of drug-likeness (QED) is 0.780. The number of amides is 1. The Hall–Kier alpha value is -1.08. The number of hydrogen-bond donors (Lipinski definition) is 2. The van der Waals surface area contributed by atoms with Crippen molar-refractivity contribution < 1.29 is 9.21 Å². The van der Waals surface area contributed by atoms with Gasteiger partial charge in [-0.15, -0.1) is 10.2 Å². The Morgan fingerprint density at radius 3 is 2.65 bits per heavy atom. The zero-order valence-electron chi connectivity index (χ0n) is 10.5. The van der Waals surface area contributed by atoms with E-state index in [0.29, 0.717) is 11.1 Å². The Morgan fingerprint density at radius 2 is 2.18 bits per heavy atom. The maximum absolute atomic E-state index is 11.8. The van der Waals surface area contributed by atoms with Crippen LogP contribution in [0.1, 0.15) is 33.6 Å². The van der Waals surface area contributed by atoms with E-state index in [2.05, 4.69) is 15.5 Å². The molecule has 0 aliphatic heterocycles. The monoisotopic (exact) mass is 258 g/mol. The van der Waals surface area contributed by atoms with Gasteiger partial charge in [0.25, 0.3) is 5.22 Å². The molecule has 17 heavy (non-hydrogen) atoms. The molecular formula is C10H18N4O2S. The molecule has 6 nitrogen and oxygen atoms in total. The van der Waals surface area contributed by atoms with Crippen molar-refractivity contribution >= 4 is 17.7 Å². The fourth-order valence-electron chi connectivity index (χ4n) is 1.04. The summed E-state index contributed by atoms with van der Waals surface area (Å²) < 4.78 is 5.22. The number of carbonyl (C=O) groups is 1. The van der Waals surface area contributed by atoms with Gasteiger partial charge in [-0.1, -0.05) is 11.8 Å². The van der Waals surface area contributed by atoms with E-state index in [0.717, 1.165) is 0 Å². The number of nitrogens with two attached hydrogens (primary N) is 1. The highest BCUT2D eigenvalue weighted by Crippen LogP contribution is 2.22. The molecule has 1 heterocycles. The summed E-state index contributed by atoms with van der Waals surface area (Å²) in [6.07, 6.45) is 0. The molecule has 0 saturated carbocycles. The van der Waals surface area contributed by atoms with Crippen LogP contribution >= 0.6 is 11.8 Å². The lowest BCUT2D eigenvalue weighted by Gasteiger charge is -2.22. The van der Waals surface area contributed by atoms with E-state index in [9.17, 15) is 4.79 Å². The number of thioether (sulfide) groups is 1. The predicted octanol–water partition coefficient (Wildman–Crippen LogP) is 0.924. The van der Waals surface area contributed by atoms with E-state index in [4.69, 9.17) is 10.2 Å². The van der Waals surface area contributed by atoms with Crippen molar-refractivity contribution in [2.24, 2.45) is 5.73 Å². The van der Waals surface area contributed by atoms with Gasteiger partial charge in [0, 0.05) is 5.54 Å². The summed E-state index contributed by atoms with van der Waals surface area (Å²) in [6, 6.07) is 0. The van der Waals surface area contributed by atoms with Crippen LogP contribution in [0.4, 0.5) is 0 Å². The fourth-order valence-corrected chi connectivity index (χ4v) is 1.74. The number of carbonyl (C=O) groups excluding carboxylic acids is 1. The minimum Gasteiger partial charge on any atom is -0.415 e. The van der Waals surface area contributed by atoms with Crippen LogP contribution in [-0.2, 0) is 11.3 Å². The van der Waals surface area contributed by atoms with Gasteiger partial charge in [-0.25, -0.2) is 0 Å². The molecule has 0 aliphatic carbocycles. The minimum absolute atomic E-state index is 0.0602. The van der Waals surface area contributed by atoms with Crippen LogP contribution in [0.25, 0.3) is 0 Å². The summed E-state index contributed by atoms with van der Waals surface area (Å²) in [6.45, 7) is 7.79. The molecule has 0 spiro atoms. The van der Waals surface area contributed by atoms with Crippen LogP contribution in [0.3, 0.4) is 0 Å². The third-order valence-corrected chi connectivity index (χ3v) is 2.70. The first-order valence-corrected chi connectivity index (χ1v) is 6.21. The van der Waals surface area contributed by atoms with Crippen molar-refractivity contribution in [3.8, 4) is 0 Å². The average molecular weight is 258 g/mol. The Labute approximate surface area is 105 Å². The zero-order valence-corrected chi connectivity index (χ0v) is 11.3. The first kappa shape index (κ1) is 14.0. The van der Waals surface area contributed by atoms with E-state index in [1.165, 1.54) is 11.8 Å². The normalized spacial score (nSPS) is 13.5. The Morgan fingerprint density at radius 1 is 1.53 bits per heavy atom. The molecule has 1 amide bonds. The molecule has 0 aromatic carbocycles. The van der Waals surface area contributed by atoms with Gasteiger partial charge in [-0.2, -0.15) is 0 Å². The van der Waals surface area contributed by atoms with E-state index < -0.39 is 0 Å². The summed E-state index contributed by atoms with van der Waals surface area (Å²) in [5.74, 6) is 0.311. The van der Waals surface area contributed by atoms with Gasteiger partial charge >= 0.3 is 0 Å². The molecular weight excluding hydrogens is 240 g/mol. The Kier molecular flexibility index (Phi) is 4.53. The largest absolute Gasteiger partial charge is 0.415 e. The first-order chi connectivity index (χ1) is 7.81. The van der Waals surface area contributed by atoms with E-state index >= 15 is 0 Å². The number of rotatable bonds is 4. The molecule has 7 heteroatoms. The zero-order chi connectivity index (χ0) is 13.1. The number of nitrogens with zero attached hydrogens (tertiary/aromatic N) is 2. The molecule has 1 aromatic heterocycles. The molecule has 1 rings (SSSR count). The molecule has 0 fully saturated rings. The molecule has 0 aliphatic rings. The summed E-state index contributed by atoms with van der Waals surface area (Å²) in [7, 11) is 0.